The molecule has 0 aromatic heterocycles. The Bertz CT molecular complexity index is 1290. The Morgan fingerprint density at radius 3 is 2.21 bits per heavy atom. The Morgan fingerprint density at radius 2 is 1.62 bits per heavy atom. The van der Waals surface area contributed by atoms with Crippen LogP contribution in [0.25, 0.3) is 9.91 Å². The van der Waals surface area contributed by atoms with Crippen molar-refractivity contribution in [3.63, 3.8) is 0 Å². The summed E-state index contributed by atoms with van der Waals surface area (Å²) >= 11 is 5.89. The van der Waals surface area contributed by atoms with Gasteiger partial charge in [-0.2, -0.15) is 31.3 Å². The third-order valence-corrected chi connectivity index (χ3v) is 5.38. The van der Waals surface area contributed by atoms with E-state index in [2.05, 4.69) is 15.0 Å². The molecule has 1 saturated heterocycles. The van der Waals surface area contributed by atoms with E-state index in [0.29, 0.717) is 27.8 Å². The first-order chi connectivity index (χ1) is 16.3. The van der Waals surface area contributed by atoms with Crippen molar-refractivity contribution in [2.24, 2.45) is 5.10 Å². The zero-order chi connectivity index (χ0) is 24.3. The molecule has 10 heteroatoms. The highest BCUT2D eigenvalue weighted by Gasteiger charge is 2.44. The van der Waals surface area contributed by atoms with Crippen LogP contribution in [0.3, 0.4) is 0 Å². The van der Waals surface area contributed by atoms with E-state index in [1.165, 1.54) is 11.1 Å². The number of halogens is 4. The van der Waals surface area contributed by atoms with Crippen molar-refractivity contribution >= 4 is 23.2 Å². The van der Waals surface area contributed by atoms with Gasteiger partial charge in [0.25, 0.3) is 0 Å². The van der Waals surface area contributed by atoms with Gasteiger partial charge in [0.15, 0.2) is 0 Å². The summed E-state index contributed by atoms with van der Waals surface area (Å²) in [6.45, 7) is 14.7. The highest BCUT2D eigenvalue weighted by Crippen LogP contribution is 2.38. The number of alkyl halides is 3. The molecule has 1 atom stereocenters. The summed E-state index contributed by atoms with van der Waals surface area (Å²) < 4.78 is 45.7. The summed E-state index contributed by atoms with van der Waals surface area (Å²) in [6, 6.07) is 17.8. The molecule has 3 aromatic rings. The lowest BCUT2D eigenvalue weighted by Gasteiger charge is -2.24. The lowest BCUT2D eigenvalue weighted by atomic mass is 10.0. The van der Waals surface area contributed by atoms with E-state index in [1.54, 1.807) is 59.5 Å². The molecule has 1 heterocycles. The first-order valence-corrected chi connectivity index (χ1v) is 10.3. The quantitative estimate of drug-likeness (QED) is 0.296. The van der Waals surface area contributed by atoms with Crippen molar-refractivity contribution in [2.75, 3.05) is 11.4 Å². The molecule has 4 rings (SSSR count). The molecule has 0 N–H and O–H groups in total. The summed E-state index contributed by atoms with van der Waals surface area (Å²) in [6.07, 6.45) is -4.51. The van der Waals surface area contributed by atoms with Crippen LogP contribution in [0, 0.1) is 13.1 Å². The van der Waals surface area contributed by atoms with Crippen LogP contribution in [0.2, 0.25) is 5.02 Å². The Hall–Kier alpha value is -4.21. The van der Waals surface area contributed by atoms with Gasteiger partial charge in [0.1, 0.15) is 23.1 Å². The molecule has 1 fully saturated rings. The van der Waals surface area contributed by atoms with Crippen LogP contribution in [0.15, 0.2) is 77.9 Å². The normalized spacial score (nSPS) is 16.9. The summed E-state index contributed by atoms with van der Waals surface area (Å²) in [5.41, 5.74) is 0.0983. The Balaban J connectivity index is 1.70. The van der Waals surface area contributed by atoms with Gasteiger partial charge in [-0.05, 0) is 71.2 Å². The first-order valence-electron chi connectivity index (χ1n) is 9.89. The molecule has 3 aromatic carbocycles. The number of rotatable bonds is 4. The van der Waals surface area contributed by atoms with Crippen LogP contribution in [0.1, 0.15) is 17.2 Å². The van der Waals surface area contributed by atoms with Gasteiger partial charge in [0.05, 0.1) is 11.6 Å². The Labute approximate surface area is 198 Å². The minimum absolute atomic E-state index is 0.0405. The van der Waals surface area contributed by atoms with E-state index >= 15 is 0 Å². The fourth-order valence-electron chi connectivity index (χ4n) is 3.61. The monoisotopic (exact) mass is 481 g/mol. The van der Waals surface area contributed by atoms with Crippen LogP contribution in [0.5, 0.6) is 11.5 Å². The van der Waals surface area contributed by atoms with Gasteiger partial charge in [0, 0.05) is 10.7 Å². The number of hydrogen-bond donors (Lipinski definition) is 0. The first kappa shape index (κ1) is 23.0. The highest BCUT2D eigenvalue weighted by molar-refractivity contribution is 6.30. The van der Waals surface area contributed by atoms with Crippen LogP contribution in [-0.4, -0.2) is 17.5 Å². The Morgan fingerprint density at radius 1 is 0.971 bits per heavy atom. The molecule has 1 aliphatic heterocycles. The van der Waals surface area contributed by atoms with Gasteiger partial charge in [-0.1, -0.05) is 23.7 Å². The summed E-state index contributed by atoms with van der Waals surface area (Å²) in [5.74, 6) is 1.14. The zero-order valence-electron chi connectivity index (χ0n) is 17.4. The van der Waals surface area contributed by atoms with E-state index in [1.807, 2.05) is 0 Å². The van der Waals surface area contributed by atoms with Crippen LogP contribution in [0.4, 0.5) is 18.9 Å². The number of guanidine groups is 1. The SMILES string of the molecule is [C-]#[N+]/N=C1/N([N+]#[C-])C[C@H](c2cccc(C(F)(F)F)c2)N1c1ccc(Oc2ccc(Cl)cc2)cc1. The second-order valence-corrected chi connectivity index (χ2v) is 7.68. The molecule has 34 heavy (non-hydrogen) atoms. The predicted octanol–water partition coefficient (Wildman–Crippen LogP) is 7.04. The standard InChI is InChI=1S/C24H15ClF3N5O/c1-29-31-23-32(30-2)15-22(16-4-3-5-17(14-16)24(26,27)28)33(23)19-8-12-21(13-9-19)34-20-10-6-18(25)7-11-20/h3-14,22H,15H2/b31-23-/t22-/m1/s1. The van der Waals surface area contributed by atoms with E-state index in [0.717, 1.165) is 12.1 Å². The number of hydrogen-bond acceptors (Lipinski definition) is 2. The summed E-state index contributed by atoms with van der Waals surface area (Å²) in [5, 5.41) is 5.50. The predicted molar refractivity (Wildman–Crippen MR) is 122 cm³/mol. The number of benzene rings is 3. The van der Waals surface area contributed by atoms with Crippen molar-refractivity contribution in [2.45, 2.75) is 12.2 Å². The fraction of sp³-hybridized carbons (Fsp3) is 0.125. The molecule has 1 aliphatic rings. The molecule has 0 aliphatic carbocycles. The van der Waals surface area contributed by atoms with Crippen molar-refractivity contribution in [1.82, 2.24) is 5.01 Å². The second-order valence-electron chi connectivity index (χ2n) is 7.24. The maximum absolute atomic E-state index is 13.3. The molecule has 0 unspecified atom stereocenters. The summed E-state index contributed by atoms with van der Waals surface area (Å²) in [4.78, 5) is 8.03. The molecule has 0 saturated carbocycles. The molecule has 0 amide bonds. The van der Waals surface area contributed by atoms with E-state index in [-0.39, 0.29) is 12.5 Å². The number of ether oxygens (including phenoxy) is 1. The molecule has 0 bridgehead atoms. The van der Waals surface area contributed by atoms with Crippen molar-refractivity contribution in [3.05, 3.63) is 112 Å². The topological polar surface area (TPSA) is 36.8 Å². The minimum atomic E-state index is -4.51. The van der Waals surface area contributed by atoms with Crippen LogP contribution < -0.4 is 9.64 Å². The van der Waals surface area contributed by atoms with Crippen LogP contribution >= 0.6 is 11.6 Å². The number of anilines is 1. The van der Waals surface area contributed by atoms with Crippen molar-refractivity contribution in [1.29, 1.82) is 0 Å². The maximum atomic E-state index is 13.3. The van der Waals surface area contributed by atoms with E-state index in [4.69, 9.17) is 29.5 Å². The van der Waals surface area contributed by atoms with E-state index < -0.39 is 17.8 Å². The zero-order valence-corrected chi connectivity index (χ0v) is 18.1. The minimum Gasteiger partial charge on any atom is -0.457 e. The van der Waals surface area contributed by atoms with Gasteiger partial charge >= 0.3 is 12.1 Å². The molecule has 170 valence electrons. The van der Waals surface area contributed by atoms with Gasteiger partial charge in [-0.25, -0.2) is 0 Å². The van der Waals surface area contributed by atoms with Gasteiger partial charge in [0.2, 0.25) is 0 Å². The molecule has 0 spiro atoms. The molecule has 6 nitrogen and oxygen atoms in total. The summed E-state index contributed by atoms with van der Waals surface area (Å²) in [7, 11) is 0. The third-order valence-electron chi connectivity index (χ3n) is 5.13. The largest absolute Gasteiger partial charge is 0.457 e. The lowest BCUT2D eigenvalue weighted by molar-refractivity contribution is -0.137. The van der Waals surface area contributed by atoms with Crippen LogP contribution in [-0.2, 0) is 6.18 Å². The second kappa shape index (κ2) is 9.34. The highest BCUT2D eigenvalue weighted by atomic mass is 35.5. The average molecular weight is 482 g/mol. The third kappa shape index (κ3) is 4.75. The van der Waals surface area contributed by atoms with Gasteiger partial charge in [-0.3, -0.25) is 4.90 Å². The smallest absolute Gasteiger partial charge is 0.416 e. The fourth-order valence-corrected chi connectivity index (χ4v) is 3.73. The molecule has 0 radical (unpaired) electrons. The molecular formula is C24H15ClF3N5O. The Kier molecular flexibility index (Phi) is 6.31. The number of nitrogens with zero attached hydrogens (tertiary/aromatic N) is 5. The maximum Gasteiger partial charge on any atom is 0.416 e. The average Bonchev–Trinajstić information content (AvgIpc) is 3.19. The van der Waals surface area contributed by atoms with Crippen molar-refractivity contribution < 1.29 is 17.9 Å². The lowest BCUT2D eigenvalue weighted by Crippen LogP contribution is -2.31. The van der Waals surface area contributed by atoms with Crippen molar-refractivity contribution in [3.8, 4) is 11.5 Å². The van der Waals surface area contributed by atoms with E-state index in [9.17, 15) is 13.2 Å². The van der Waals surface area contributed by atoms with Gasteiger partial charge in [-0.15, -0.1) is 4.95 Å². The van der Waals surface area contributed by atoms with Gasteiger partial charge < -0.3 is 4.74 Å². The molecular weight excluding hydrogens is 467 g/mol.